The van der Waals surface area contributed by atoms with Crippen molar-refractivity contribution in [2.75, 3.05) is 31.8 Å². The minimum absolute atomic E-state index is 0.0456. The summed E-state index contributed by atoms with van der Waals surface area (Å²) >= 11 is 0. The Hall–Kier alpha value is -1.96. The van der Waals surface area contributed by atoms with Crippen molar-refractivity contribution in [3.63, 3.8) is 0 Å². The van der Waals surface area contributed by atoms with Gasteiger partial charge >= 0.3 is 6.03 Å². The van der Waals surface area contributed by atoms with Gasteiger partial charge in [0.05, 0.1) is 24.7 Å². The van der Waals surface area contributed by atoms with Crippen LogP contribution in [-0.4, -0.2) is 57.2 Å². The highest BCUT2D eigenvalue weighted by atomic mass is 32.2. The summed E-state index contributed by atoms with van der Waals surface area (Å²) < 4.78 is 34.7. The number of benzene rings is 1. The van der Waals surface area contributed by atoms with E-state index in [4.69, 9.17) is 9.47 Å². The van der Waals surface area contributed by atoms with E-state index in [1.807, 2.05) is 6.07 Å². The molecule has 1 N–H and O–H groups in total. The Balaban J connectivity index is 1.48. The van der Waals surface area contributed by atoms with E-state index >= 15 is 0 Å². The van der Waals surface area contributed by atoms with Crippen LogP contribution in [0, 0.1) is 0 Å². The summed E-state index contributed by atoms with van der Waals surface area (Å²) in [5, 5.41) is 2.92. The van der Waals surface area contributed by atoms with Crippen molar-refractivity contribution in [3.8, 4) is 11.5 Å². The summed E-state index contributed by atoms with van der Waals surface area (Å²) in [5.74, 6) is 1.96. The molecule has 1 aromatic rings. The number of carbonyl (C=O) groups is 1. The number of rotatable bonds is 3. The van der Waals surface area contributed by atoms with Gasteiger partial charge in [0, 0.05) is 49.2 Å². The van der Waals surface area contributed by atoms with Gasteiger partial charge in [0.2, 0.25) is 0 Å². The van der Waals surface area contributed by atoms with E-state index in [1.54, 1.807) is 7.05 Å². The zero-order chi connectivity index (χ0) is 17.6. The van der Waals surface area contributed by atoms with Crippen molar-refractivity contribution in [2.45, 2.75) is 31.8 Å². The van der Waals surface area contributed by atoms with Crippen molar-refractivity contribution in [2.24, 2.45) is 0 Å². The van der Waals surface area contributed by atoms with Crippen LogP contribution < -0.4 is 14.8 Å². The fourth-order valence-electron chi connectivity index (χ4n) is 3.81. The van der Waals surface area contributed by atoms with Gasteiger partial charge in [-0.3, -0.25) is 0 Å². The van der Waals surface area contributed by atoms with Gasteiger partial charge in [0.1, 0.15) is 11.5 Å². The molecule has 0 radical (unpaired) electrons. The van der Waals surface area contributed by atoms with E-state index in [0.29, 0.717) is 26.2 Å². The Morgan fingerprint density at radius 3 is 2.88 bits per heavy atom. The highest BCUT2D eigenvalue weighted by Crippen LogP contribution is 2.40. The van der Waals surface area contributed by atoms with Crippen LogP contribution in [0.3, 0.4) is 0 Å². The van der Waals surface area contributed by atoms with Gasteiger partial charge in [0.15, 0.2) is 9.84 Å². The Morgan fingerprint density at radius 1 is 1.32 bits per heavy atom. The summed E-state index contributed by atoms with van der Waals surface area (Å²) in [6.45, 7) is 1.66. The molecule has 1 aromatic carbocycles. The van der Waals surface area contributed by atoms with Crippen LogP contribution in [0.25, 0.3) is 0 Å². The predicted molar refractivity (Wildman–Crippen MR) is 91.9 cm³/mol. The molecular weight excluding hydrogens is 344 g/mol. The minimum atomic E-state index is -3.02. The zero-order valence-corrected chi connectivity index (χ0v) is 15.0. The molecule has 0 bridgehead atoms. The molecule has 1 saturated heterocycles. The Morgan fingerprint density at radius 2 is 2.12 bits per heavy atom. The summed E-state index contributed by atoms with van der Waals surface area (Å²) in [6.07, 6.45) is 2.17. The van der Waals surface area contributed by atoms with Crippen LogP contribution in [0.2, 0.25) is 0 Å². The molecule has 0 spiro atoms. The van der Waals surface area contributed by atoms with Gasteiger partial charge in [-0.15, -0.1) is 0 Å². The lowest BCUT2D eigenvalue weighted by Gasteiger charge is -2.24. The Bertz CT molecular complexity index is 789. The first-order chi connectivity index (χ1) is 11.9. The third kappa shape index (κ3) is 3.03. The normalized spacial score (nSPS) is 22.7. The smallest absolute Gasteiger partial charge is 0.317 e. The fraction of sp³-hybridized carbons (Fsp3) is 0.588. The number of sulfone groups is 1. The van der Waals surface area contributed by atoms with Gasteiger partial charge in [0.25, 0.3) is 0 Å². The third-order valence-electron chi connectivity index (χ3n) is 5.25. The van der Waals surface area contributed by atoms with Crippen molar-refractivity contribution < 1.29 is 22.7 Å². The first kappa shape index (κ1) is 16.5. The summed E-state index contributed by atoms with van der Waals surface area (Å²) in [5.41, 5.74) is 3.22. The maximum absolute atomic E-state index is 12.5. The molecule has 136 valence electrons. The number of hydrogen-bond acceptors (Lipinski definition) is 5. The highest BCUT2D eigenvalue weighted by molar-refractivity contribution is 7.91. The van der Waals surface area contributed by atoms with Gasteiger partial charge in [-0.05, 0) is 12.5 Å². The molecule has 0 saturated carbocycles. The topological polar surface area (TPSA) is 84.9 Å². The van der Waals surface area contributed by atoms with Gasteiger partial charge in [-0.1, -0.05) is 0 Å². The molecule has 4 rings (SSSR count). The molecule has 3 aliphatic rings. The monoisotopic (exact) mass is 366 g/mol. The van der Waals surface area contributed by atoms with E-state index < -0.39 is 9.84 Å². The van der Waals surface area contributed by atoms with Gasteiger partial charge < -0.3 is 19.7 Å². The number of fused-ring (bicyclic) bond motifs is 2. The second kappa shape index (κ2) is 6.09. The van der Waals surface area contributed by atoms with E-state index in [9.17, 15) is 13.2 Å². The number of nitrogens with one attached hydrogen (secondary N) is 1. The minimum Gasteiger partial charge on any atom is -0.493 e. The summed E-state index contributed by atoms with van der Waals surface area (Å²) in [6, 6.07) is 1.54. The van der Waals surface area contributed by atoms with Crippen molar-refractivity contribution in [1.82, 2.24) is 10.2 Å². The number of urea groups is 1. The largest absolute Gasteiger partial charge is 0.493 e. The third-order valence-corrected chi connectivity index (χ3v) is 7.00. The Labute approximate surface area is 147 Å². The molecule has 1 atom stereocenters. The molecule has 25 heavy (non-hydrogen) atoms. The number of ether oxygens (including phenoxy) is 2. The summed E-state index contributed by atoms with van der Waals surface area (Å²) in [4.78, 5) is 14.0. The van der Waals surface area contributed by atoms with E-state index in [1.165, 1.54) is 4.90 Å². The van der Waals surface area contributed by atoms with Crippen LogP contribution in [0.1, 0.15) is 23.1 Å². The second-order valence-electron chi connectivity index (χ2n) is 6.84. The molecule has 0 aliphatic carbocycles. The van der Waals surface area contributed by atoms with E-state index in [2.05, 4.69) is 5.32 Å². The molecule has 3 aliphatic heterocycles. The molecule has 2 amide bonds. The molecule has 7 nitrogen and oxygen atoms in total. The SMILES string of the molecule is CN(C(=O)NCc1c2c(cc3c1OCC3)OCC2)C1CCS(=O)(=O)C1. The predicted octanol–water partition coefficient (Wildman–Crippen LogP) is 0.885. The maximum atomic E-state index is 12.5. The molecular formula is C17H22N2O5S. The standard InChI is InChI=1S/C17H22N2O5S/c1-19(12-4-7-25(21,22)10-12)17(20)18-9-14-13-3-6-23-15(13)8-11-2-5-24-16(11)14/h8,12H,2-7,9-10H2,1H3,(H,18,20). The average molecular weight is 366 g/mol. The molecule has 8 heteroatoms. The highest BCUT2D eigenvalue weighted by Gasteiger charge is 2.33. The van der Waals surface area contributed by atoms with E-state index in [0.717, 1.165) is 41.0 Å². The quantitative estimate of drug-likeness (QED) is 0.859. The van der Waals surface area contributed by atoms with Crippen molar-refractivity contribution in [3.05, 3.63) is 22.8 Å². The number of amides is 2. The lowest BCUT2D eigenvalue weighted by Crippen LogP contribution is -2.44. The van der Waals surface area contributed by atoms with Gasteiger partial charge in [-0.2, -0.15) is 0 Å². The summed E-state index contributed by atoms with van der Waals surface area (Å²) in [7, 11) is -1.36. The van der Waals surface area contributed by atoms with Crippen molar-refractivity contribution >= 4 is 15.9 Å². The van der Waals surface area contributed by atoms with Gasteiger partial charge in [-0.25, -0.2) is 13.2 Å². The first-order valence-corrected chi connectivity index (χ1v) is 10.4. The molecule has 1 unspecified atom stereocenters. The van der Waals surface area contributed by atoms with Crippen LogP contribution >= 0.6 is 0 Å². The maximum Gasteiger partial charge on any atom is 0.317 e. The zero-order valence-electron chi connectivity index (χ0n) is 14.2. The number of hydrogen-bond donors (Lipinski definition) is 1. The van der Waals surface area contributed by atoms with Crippen LogP contribution in [-0.2, 0) is 29.2 Å². The lowest BCUT2D eigenvalue weighted by molar-refractivity contribution is 0.194. The number of nitrogens with zero attached hydrogens (tertiary/aromatic N) is 1. The van der Waals surface area contributed by atoms with Crippen LogP contribution in [0.15, 0.2) is 6.07 Å². The molecule has 0 aromatic heterocycles. The van der Waals surface area contributed by atoms with Crippen LogP contribution in [0.5, 0.6) is 11.5 Å². The molecule has 3 heterocycles. The number of carbonyl (C=O) groups excluding carboxylic acids is 1. The van der Waals surface area contributed by atoms with E-state index in [-0.39, 0.29) is 23.6 Å². The van der Waals surface area contributed by atoms with Crippen molar-refractivity contribution in [1.29, 1.82) is 0 Å². The fourth-order valence-corrected chi connectivity index (χ4v) is 5.58. The Kier molecular flexibility index (Phi) is 4.02. The average Bonchev–Trinajstić information content (AvgIpc) is 3.29. The second-order valence-corrected chi connectivity index (χ2v) is 9.07. The first-order valence-electron chi connectivity index (χ1n) is 8.59. The lowest BCUT2D eigenvalue weighted by atomic mass is 9.99. The van der Waals surface area contributed by atoms with Crippen LogP contribution in [0.4, 0.5) is 4.79 Å². The molecule has 1 fully saturated rings.